The van der Waals surface area contributed by atoms with E-state index in [0.717, 1.165) is 60.3 Å². The molecule has 5 saturated heterocycles. The van der Waals surface area contributed by atoms with Crippen molar-refractivity contribution in [1.29, 1.82) is 0 Å². The van der Waals surface area contributed by atoms with Crippen LogP contribution in [0.15, 0.2) is 146 Å². The van der Waals surface area contributed by atoms with Crippen LogP contribution in [0, 0.1) is 44.5 Å². The quantitative estimate of drug-likeness (QED) is 0.0236. The molecule has 10 N–H and O–H groups in total. The first-order valence-electron chi connectivity index (χ1n) is 34.6. The first kappa shape index (κ1) is 77.1. The van der Waals surface area contributed by atoms with Crippen molar-refractivity contribution in [3.63, 3.8) is 0 Å². The number of rotatable bonds is 18. The Morgan fingerprint density at radius 3 is 1.37 bits per heavy atom. The van der Waals surface area contributed by atoms with Gasteiger partial charge in [-0.1, -0.05) is 106 Å². The van der Waals surface area contributed by atoms with Crippen LogP contribution in [0.3, 0.4) is 0 Å². The average Bonchev–Trinajstić information content (AvgIpc) is 1.12. The van der Waals surface area contributed by atoms with E-state index >= 15 is 0 Å². The van der Waals surface area contributed by atoms with Gasteiger partial charge in [-0.25, -0.2) is 0 Å². The topological polar surface area (TPSA) is 328 Å². The highest BCUT2D eigenvalue weighted by Gasteiger charge is 2.59. The summed E-state index contributed by atoms with van der Waals surface area (Å²) in [6.45, 7) is 17.3. The lowest BCUT2D eigenvalue weighted by molar-refractivity contribution is -0.196. The second kappa shape index (κ2) is 33.9. The molecule has 4 amide bonds. The van der Waals surface area contributed by atoms with Gasteiger partial charge in [0, 0.05) is 53.4 Å². The molecule has 102 heavy (non-hydrogen) atoms. The molecule has 8 aliphatic rings. The number of aliphatic hydroxyl groups is 4. The highest BCUT2D eigenvalue weighted by Crippen LogP contribution is 2.61. The number of carbonyl (C=O) groups is 6. The van der Waals surface area contributed by atoms with Gasteiger partial charge < -0.3 is 61.2 Å². The van der Waals surface area contributed by atoms with Gasteiger partial charge in [0.25, 0.3) is 0 Å². The molecular weight excluding hydrogens is 1420 g/mol. The van der Waals surface area contributed by atoms with Gasteiger partial charge in [-0.15, -0.1) is 0 Å². The second-order valence-electron chi connectivity index (χ2n) is 28.1. The monoisotopic (exact) mass is 1510 g/mol. The molecule has 5 aliphatic heterocycles. The summed E-state index contributed by atoms with van der Waals surface area (Å²) in [4.78, 5) is 89.0. The smallest absolute Gasteiger partial charge is 0.461 e. The number of nitrogens with zero attached hydrogens (tertiary/aromatic N) is 3. The fourth-order valence-corrected chi connectivity index (χ4v) is 16.1. The summed E-state index contributed by atoms with van der Waals surface area (Å²) in [5.74, 6) is -0.326. The van der Waals surface area contributed by atoms with E-state index in [1.165, 1.54) is 39.3 Å². The zero-order valence-corrected chi connectivity index (χ0v) is 60.9. The third kappa shape index (κ3) is 18.1. The second-order valence-corrected chi connectivity index (χ2v) is 29.3. The van der Waals surface area contributed by atoms with Crippen molar-refractivity contribution in [2.45, 2.75) is 156 Å². The van der Waals surface area contributed by atoms with Crippen LogP contribution < -0.4 is 26.7 Å². The minimum Gasteiger partial charge on any atom is -0.461 e. The number of ether oxygens (including phenoxy) is 2. The van der Waals surface area contributed by atoms with Gasteiger partial charge in [0.2, 0.25) is 23.6 Å². The third-order valence-electron chi connectivity index (χ3n) is 20.7. The molecule has 26 heteroatoms. The van der Waals surface area contributed by atoms with E-state index in [9.17, 15) is 49.2 Å². The van der Waals surface area contributed by atoms with E-state index in [4.69, 9.17) is 34.0 Å². The van der Waals surface area contributed by atoms with Crippen molar-refractivity contribution in [2.75, 3.05) is 35.8 Å². The molecule has 8 fully saturated rings. The molecule has 0 aromatic heterocycles. The molecule has 0 radical (unpaired) electrons. The first-order chi connectivity index (χ1) is 48.6. The van der Waals surface area contributed by atoms with Crippen LogP contribution in [0.5, 0.6) is 0 Å². The number of nitrogens with one attached hydrogen (secondary N) is 4. The Kier molecular flexibility index (Phi) is 25.6. The number of hydroxylamine groups is 6. The number of hydrogen-bond donors (Lipinski definition) is 10. The molecular formula is C76H93BIN7O17. The predicted octanol–water partition coefficient (Wildman–Crippen LogP) is 6.98. The van der Waals surface area contributed by atoms with Crippen LogP contribution in [0.2, 0.25) is 0 Å². The van der Waals surface area contributed by atoms with Crippen LogP contribution in [0.4, 0.5) is 17.1 Å². The van der Waals surface area contributed by atoms with E-state index in [0.29, 0.717) is 54.0 Å². The molecule has 6 aromatic carbocycles. The maximum absolute atomic E-state index is 13.9. The number of anilines is 3. The van der Waals surface area contributed by atoms with Crippen molar-refractivity contribution < 1.29 is 83.2 Å². The Morgan fingerprint density at radius 1 is 0.569 bits per heavy atom. The zero-order chi connectivity index (χ0) is 73.4. The molecule has 2 bridgehead atoms. The summed E-state index contributed by atoms with van der Waals surface area (Å²) in [6.07, 6.45) is -0.605. The summed E-state index contributed by atoms with van der Waals surface area (Å²) < 4.78 is 11.8. The summed E-state index contributed by atoms with van der Waals surface area (Å²) in [7, 11) is -1.47. The van der Waals surface area contributed by atoms with Crippen LogP contribution in [0.1, 0.15) is 91.8 Å². The molecule has 0 spiro atoms. The Bertz CT molecular complexity index is 3910. The minimum absolute atomic E-state index is 0.0951. The molecule has 3 saturated carbocycles. The van der Waals surface area contributed by atoms with Crippen molar-refractivity contribution in [3.05, 3.63) is 166 Å². The molecule has 24 nitrogen and oxygen atoms in total. The van der Waals surface area contributed by atoms with Crippen LogP contribution in [-0.2, 0) is 72.4 Å². The van der Waals surface area contributed by atoms with Crippen molar-refractivity contribution >= 4 is 87.8 Å². The van der Waals surface area contributed by atoms with Crippen LogP contribution >= 0.6 is 22.6 Å². The lowest BCUT2D eigenvalue weighted by atomic mass is 9.45. The number of hydrogen-bond acceptors (Lipinski definition) is 20. The molecule has 5 heterocycles. The van der Waals surface area contributed by atoms with Gasteiger partial charge in [0.1, 0.15) is 48.6 Å². The standard InChI is InChI=1S/C32H43N3O5.C22H24N2O5.C14H16INO4.C8H10BNO3/c1-18-26-14-24(32(26,4)5)15-27(18)34-31(39)30-29(19(2)37)28(17-36)40-35(30)16-21-7-6-8-23(13-21)22-9-11-25(12-10-22)33-20(3)38;1-13-20-19(12-25)29-24(21(20)22(27)28-13)11-15-4-3-5-17(10-15)16-6-8-18(9-7-16)23-14(2)26;1-8-12-11(7-17)20-16(13(12)14(18)19-8)6-9-3-2-4-10(15)5-9;1-6(11)10-8-4-2-7(3-5-8)9(12)13/h6-13,18-19,24,26-30,36-37H,14-17H2,1-5H3,(H,33,38)(H,34,39);3-10,13,19-21,25H,11-12H2,1-2H3,(H,23,26);2-5,8,11-13,17H,6-7H2,1H3;2-5,12-13H,1H3,(H,10,11)/t18-,19-,24+,26-,27?,28-,29+,30-;13-,19-,20+,21-;8-,11-,12+,13-;/m000./s1. The lowest BCUT2D eigenvalue weighted by Gasteiger charge is -2.62. The summed E-state index contributed by atoms with van der Waals surface area (Å²) in [5.41, 5.74) is 9.87. The third-order valence-corrected chi connectivity index (χ3v) is 21.4. The summed E-state index contributed by atoms with van der Waals surface area (Å²) >= 11 is 2.25. The van der Waals surface area contributed by atoms with Gasteiger partial charge in [-0.3, -0.25) is 43.3 Å². The van der Waals surface area contributed by atoms with Crippen molar-refractivity contribution in [2.24, 2.45) is 40.9 Å². The number of fused-ring (bicyclic) bond motifs is 4. The fraction of sp³-hybridized carbons (Fsp3) is 0.447. The zero-order valence-electron chi connectivity index (χ0n) is 58.7. The predicted molar refractivity (Wildman–Crippen MR) is 390 cm³/mol. The average molecular weight is 1510 g/mol. The number of aliphatic hydroxyl groups excluding tert-OH is 4. The molecule has 6 aromatic rings. The maximum atomic E-state index is 13.9. The molecule has 544 valence electrons. The number of esters is 2. The Labute approximate surface area is 608 Å². The highest BCUT2D eigenvalue weighted by molar-refractivity contribution is 14.1. The van der Waals surface area contributed by atoms with E-state index in [1.54, 1.807) is 34.2 Å². The Balaban J connectivity index is 0.000000158. The Morgan fingerprint density at radius 2 is 0.980 bits per heavy atom. The van der Waals surface area contributed by atoms with E-state index in [-0.39, 0.29) is 91.6 Å². The first-order valence-corrected chi connectivity index (χ1v) is 35.7. The van der Waals surface area contributed by atoms with E-state index in [1.807, 2.05) is 129 Å². The number of halogens is 1. The molecule has 1 unspecified atom stereocenters. The maximum Gasteiger partial charge on any atom is 0.488 e. The van der Waals surface area contributed by atoms with Gasteiger partial charge in [-0.2, -0.15) is 15.2 Å². The Hall–Kier alpha value is -7.55. The van der Waals surface area contributed by atoms with Gasteiger partial charge in [0.05, 0.1) is 57.4 Å². The minimum atomic E-state index is -1.47. The largest absolute Gasteiger partial charge is 0.488 e. The number of benzene rings is 6. The number of carbonyl (C=O) groups excluding carboxylic acids is 6. The SMILES string of the molecule is CC(=O)Nc1ccc(-c2cccc(CN3O[C@@H](CO)[C@@H]([C@H](C)O)[C@H]3C(=O)NC3C[C@H]4C[C@@H]([C@@H]3C)C4(C)C)c2)cc1.CC(=O)Nc1ccc(-c2cccc(CN3O[C@@H](CO)[C@H]4[C@H](C)OC(=O)[C@H]43)c2)cc1.CC(=O)Nc1ccc(B(O)O)cc1.C[C@@H]1OC(=O)[C@@H]2[C@H]1[C@H](CO)ON2Cc1cccc(I)c1. The van der Waals surface area contributed by atoms with Crippen molar-refractivity contribution in [1.82, 2.24) is 20.5 Å². The molecule has 14 rings (SSSR count). The highest BCUT2D eigenvalue weighted by atomic mass is 127. The fourth-order valence-electron chi connectivity index (χ4n) is 15.5. The molecule has 3 aliphatic carbocycles. The number of amides is 4. The normalized spacial score (nSPS) is 27.6. The van der Waals surface area contributed by atoms with E-state index < -0.39 is 49.5 Å². The van der Waals surface area contributed by atoms with Crippen LogP contribution in [-0.4, -0.2) is 169 Å². The summed E-state index contributed by atoms with van der Waals surface area (Å²) in [6, 6.07) is 44.0. The molecule has 16 atom stereocenters. The van der Waals surface area contributed by atoms with Gasteiger partial charge >= 0.3 is 19.1 Å². The van der Waals surface area contributed by atoms with E-state index in [2.05, 4.69) is 70.7 Å². The van der Waals surface area contributed by atoms with Crippen molar-refractivity contribution in [3.8, 4) is 22.3 Å². The number of cyclic esters (lactones) is 2. The van der Waals surface area contributed by atoms with Crippen LogP contribution in [0.25, 0.3) is 22.3 Å². The summed E-state index contributed by atoms with van der Waals surface area (Å²) in [5, 5.41) is 73.7. The van der Waals surface area contributed by atoms with Gasteiger partial charge in [-0.05, 0) is 184 Å². The van der Waals surface area contributed by atoms with Gasteiger partial charge in [0.15, 0.2) is 0 Å². The lowest BCUT2D eigenvalue weighted by Crippen LogP contribution is -2.62.